The molecular formula is C16H19N. The molecule has 1 heteroatoms. The van der Waals surface area contributed by atoms with Crippen LogP contribution in [0.3, 0.4) is 0 Å². The van der Waals surface area contributed by atoms with Gasteiger partial charge in [0.1, 0.15) is 0 Å². The van der Waals surface area contributed by atoms with Crippen molar-refractivity contribution in [3.8, 4) is 0 Å². The maximum atomic E-state index is 3.48. The summed E-state index contributed by atoms with van der Waals surface area (Å²) >= 11 is 0. The van der Waals surface area contributed by atoms with E-state index in [1.54, 1.807) is 0 Å². The Balaban J connectivity index is 2.03. The summed E-state index contributed by atoms with van der Waals surface area (Å²) in [6, 6.07) is 21.0. The van der Waals surface area contributed by atoms with Crippen molar-refractivity contribution in [1.82, 2.24) is 0 Å². The molecular weight excluding hydrogens is 206 g/mol. The number of para-hydroxylation sites is 1. The van der Waals surface area contributed by atoms with E-state index in [1.807, 2.05) is 6.07 Å². The van der Waals surface area contributed by atoms with Gasteiger partial charge in [-0.1, -0.05) is 62.4 Å². The van der Waals surface area contributed by atoms with Gasteiger partial charge in [-0.05, 0) is 17.7 Å². The molecule has 0 amide bonds. The minimum atomic E-state index is 0.136. The van der Waals surface area contributed by atoms with Crippen LogP contribution in [0.1, 0.15) is 19.4 Å². The highest BCUT2D eigenvalue weighted by atomic mass is 14.9. The first-order valence-electron chi connectivity index (χ1n) is 6.03. The second-order valence-electron chi connectivity index (χ2n) is 4.97. The van der Waals surface area contributed by atoms with Crippen molar-refractivity contribution in [1.29, 1.82) is 0 Å². The monoisotopic (exact) mass is 225 g/mol. The maximum absolute atomic E-state index is 3.48. The van der Waals surface area contributed by atoms with Gasteiger partial charge < -0.3 is 5.32 Å². The van der Waals surface area contributed by atoms with Crippen LogP contribution in [0.5, 0.6) is 0 Å². The molecule has 0 radical (unpaired) electrons. The summed E-state index contributed by atoms with van der Waals surface area (Å²) in [6.07, 6.45) is 0. The van der Waals surface area contributed by atoms with Gasteiger partial charge in [-0.25, -0.2) is 0 Å². The van der Waals surface area contributed by atoms with Gasteiger partial charge in [0.25, 0.3) is 0 Å². The van der Waals surface area contributed by atoms with E-state index in [-0.39, 0.29) is 5.41 Å². The first-order valence-corrected chi connectivity index (χ1v) is 6.03. The largest absolute Gasteiger partial charge is 0.384 e. The molecule has 1 nitrogen and oxygen atoms in total. The predicted molar refractivity (Wildman–Crippen MR) is 74.4 cm³/mol. The predicted octanol–water partition coefficient (Wildman–Crippen LogP) is 4.08. The van der Waals surface area contributed by atoms with Crippen LogP contribution in [0.4, 0.5) is 5.69 Å². The Hall–Kier alpha value is -1.76. The van der Waals surface area contributed by atoms with Gasteiger partial charge in [-0.15, -0.1) is 0 Å². The zero-order chi connectivity index (χ0) is 12.1. The van der Waals surface area contributed by atoms with Crippen molar-refractivity contribution in [3.05, 3.63) is 66.2 Å². The molecule has 0 saturated heterocycles. The Kier molecular flexibility index (Phi) is 3.48. The van der Waals surface area contributed by atoms with Gasteiger partial charge in [-0.2, -0.15) is 0 Å². The lowest BCUT2D eigenvalue weighted by atomic mass is 9.84. The molecule has 0 heterocycles. The fraction of sp³-hybridized carbons (Fsp3) is 0.250. The smallest absolute Gasteiger partial charge is 0.0340 e. The molecule has 88 valence electrons. The van der Waals surface area contributed by atoms with Gasteiger partial charge in [0.05, 0.1) is 0 Å². The van der Waals surface area contributed by atoms with E-state index in [4.69, 9.17) is 0 Å². The Morgan fingerprint density at radius 1 is 0.824 bits per heavy atom. The molecule has 0 aromatic heterocycles. The van der Waals surface area contributed by atoms with Crippen LogP contribution >= 0.6 is 0 Å². The van der Waals surface area contributed by atoms with E-state index in [0.717, 1.165) is 6.54 Å². The fourth-order valence-corrected chi connectivity index (χ4v) is 1.87. The molecule has 0 unspecified atom stereocenters. The molecule has 0 aliphatic carbocycles. The van der Waals surface area contributed by atoms with Crippen molar-refractivity contribution in [2.45, 2.75) is 19.3 Å². The van der Waals surface area contributed by atoms with E-state index in [1.165, 1.54) is 11.3 Å². The van der Waals surface area contributed by atoms with Gasteiger partial charge in [-0.3, -0.25) is 0 Å². The summed E-state index contributed by atoms with van der Waals surface area (Å²) in [4.78, 5) is 0. The lowest BCUT2D eigenvalue weighted by molar-refractivity contribution is 0.557. The van der Waals surface area contributed by atoms with Crippen LogP contribution in [0.25, 0.3) is 0 Å². The fourth-order valence-electron chi connectivity index (χ4n) is 1.87. The normalized spacial score (nSPS) is 11.2. The Bertz CT molecular complexity index is 445. The highest BCUT2D eigenvalue weighted by Gasteiger charge is 2.19. The highest BCUT2D eigenvalue weighted by Crippen LogP contribution is 2.23. The van der Waals surface area contributed by atoms with Crippen LogP contribution in [0.15, 0.2) is 60.7 Å². The number of benzene rings is 2. The van der Waals surface area contributed by atoms with Crippen molar-refractivity contribution in [2.75, 3.05) is 11.9 Å². The van der Waals surface area contributed by atoms with Gasteiger partial charge in [0.15, 0.2) is 0 Å². The molecule has 0 bridgehead atoms. The Morgan fingerprint density at radius 3 is 1.94 bits per heavy atom. The van der Waals surface area contributed by atoms with E-state index >= 15 is 0 Å². The van der Waals surface area contributed by atoms with Crippen molar-refractivity contribution in [3.63, 3.8) is 0 Å². The molecule has 0 saturated carbocycles. The summed E-state index contributed by atoms with van der Waals surface area (Å²) in [5, 5.41) is 3.48. The third kappa shape index (κ3) is 3.10. The summed E-state index contributed by atoms with van der Waals surface area (Å²) in [6.45, 7) is 5.46. The van der Waals surface area contributed by atoms with Gasteiger partial charge >= 0.3 is 0 Å². The van der Waals surface area contributed by atoms with E-state index in [9.17, 15) is 0 Å². The van der Waals surface area contributed by atoms with Crippen LogP contribution in [0, 0.1) is 0 Å². The van der Waals surface area contributed by atoms with Crippen molar-refractivity contribution in [2.24, 2.45) is 0 Å². The number of hydrogen-bond donors (Lipinski definition) is 1. The zero-order valence-corrected chi connectivity index (χ0v) is 10.5. The topological polar surface area (TPSA) is 12.0 Å². The Morgan fingerprint density at radius 2 is 1.35 bits per heavy atom. The maximum Gasteiger partial charge on any atom is 0.0340 e. The summed E-state index contributed by atoms with van der Waals surface area (Å²) < 4.78 is 0. The third-order valence-corrected chi connectivity index (χ3v) is 3.06. The second kappa shape index (κ2) is 5.05. The van der Waals surface area contributed by atoms with Crippen LogP contribution < -0.4 is 5.32 Å². The minimum absolute atomic E-state index is 0.136. The van der Waals surface area contributed by atoms with E-state index in [2.05, 4.69) is 73.8 Å². The number of hydrogen-bond acceptors (Lipinski definition) is 1. The quantitative estimate of drug-likeness (QED) is 0.826. The van der Waals surface area contributed by atoms with Crippen molar-refractivity contribution < 1.29 is 0 Å². The summed E-state index contributed by atoms with van der Waals surface area (Å²) in [7, 11) is 0. The molecule has 0 aliphatic rings. The molecule has 0 atom stereocenters. The average molecular weight is 225 g/mol. The second-order valence-corrected chi connectivity index (χ2v) is 4.97. The van der Waals surface area contributed by atoms with Crippen LogP contribution in [-0.4, -0.2) is 6.54 Å². The van der Waals surface area contributed by atoms with E-state index in [0.29, 0.717) is 0 Å². The molecule has 2 rings (SSSR count). The average Bonchev–Trinajstić information content (AvgIpc) is 2.39. The van der Waals surface area contributed by atoms with Gasteiger partial charge in [0, 0.05) is 17.6 Å². The molecule has 0 spiro atoms. The molecule has 2 aromatic carbocycles. The molecule has 0 fully saturated rings. The van der Waals surface area contributed by atoms with E-state index < -0.39 is 0 Å². The highest BCUT2D eigenvalue weighted by molar-refractivity contribution is 5.43. The molecule has 1 N–H and O–H groups in total. The first kappa shape index (κ1) is 11.7. The van der Waals surface area contributed by atoms with Gasteiger partial charge in [0.2, 0.25) is 0 Å². The molecule has 17 heavy (non-hydrogen) atoms. The minimum Gasteiger partial charge on any atom is -0.384 e. The number of anilines is 1. The summed E-state index contributed by atoms with van der Waals surface area (Å²) in [5.74, 6) is 0. The standard InChI is InChI=1S/C16H19N/c1-16(2,14-9-5-3-6-10-14)13-17-15-11-7-4-8-12-15/h3-12,17H,13H2,1-2H3. The third-order valence-electron chi connectivity index (χ3n) is 3.06. The summed E-state index contributed by atoms with van der Waals surface area (Å²) in [5.41, 5.74) is 2.68. The van der Waals surface area contributed by atoms with Crippen LogP contribution in [-0.2, 0) is 5.41 Å². The molecule has 2 aromatic rings. The zero-order valence-electron chi connectivity index (χ0n) is 10.5. The molecule has 0 aliphatic heterocycles. The lowest BCUT2D eigenvalue weighted by Gasteiger charge is -2.26. The Labute approximate surface area is 103 Å². The number of rotatable bonds is 4. The first-order chi connectivity index (χ1) is 8.18. The van der Waals surface area contributed by atoms with Crippen LogP contribution in [0.2, 0.25) is 0 Å². The van der Waals surface area contributed by atoms with Crippen molar-refractivity contribution >= 4 is 5.69 Å². The SMILES string of the molecule is CC(C)(CNc1ccccc1)c1ccccc1. The lowest BCUT2D eigenvalue weighted by Crippen LogP contribution is -2.27. The number of nitrogens with one attached hydrogen (secondary N) is 1.